The molecule has 21 heavy (non-hydrogen) atoms. The van der Waals surface area contributed by atoms with Gasteiger partial charge in [0, 0.05) is 13.0 Å². The summed E-state index contributed by atoms with van der Waals surface area (Å²) >= 11 is 0. The molecule has 0 aliphatic heterocycles. The first-order valence-corrected chi connectivity index (χ1v) is 6.38. The van der Waals surface area contributed by atoms with Crippen molar-refractivity contribution in [2.75, 3.05) is 20.3 Å². The standard InChI is InChI=1S/C13H18N2O6/c1-20-13(19)9(8-16)15-11(17)5-2-6-14-12(18)10-4-3-7-21-10/h3-4,7,9,16H,2,5-6,8H2,1H3,(H,14,18)(H,15,17). The zero-order valence-electron chi connectivity index (χ0n) is 11.6. The monoisotopic (exact) mass is 298 g/mol. The van der Waals surface area contributed by atoms with Crippen LogP contribution in [0.1, 0.15) is 23.4 Å². The number of ether oxygens (including phenoxy) is 1. The largest absolute Gasteiger partial charge is 0.467 e. The van der Waals surface area contributed by atoms with Crippen LogP contribution in [-0.2, 0) is 14.3 Å². The molecule has 0 fully saturated rings. The molecule has 0 spiro atoms. The van der Waals surface area contributed by atoms with Gasteiger partial charge in [-0.05, 0) is 18.6 Å². The van der Waals surface area contributed by atoms with E-state index in [2.05, 4.69) is 15.4 Å². The molecule has 0 bridgehead atoms. The number of esters is 1. The van der Waals surface area contributed by atoms with E-state index in [9.17, 15) is 14.4 Å². The number of furan rings is 1. The summed E-state index contributed by atoms with van der Waals surface area (Å²) in [6.45, 7) is -0.247. The Bertz CT molecular complexity index is 471. The van der Waals surface area contributed by atoms with Crippen LogP contribution in [-0.4, -0.2) is 49.2 Å². The molecule has 0 saturated carbocycles. The van der Waals surface area contributed by atoms with Crippen molar-refractivity contribution in [3.8, 4) is 0 Å². The molecule has 1 rings (SSSR count). The van der Waals surface area contributed by atoms with Gasteiger partial charge in [0.2, 0.25) is 5.91 Å². The highest BCUT2D eigenvalue weighted by molar-refractivity contribution is 5.91. The number of hydrogen-bond donors (Lipinski definition) is 3. The summed E-state index contributed by atoms with van der Waals surface area (Å²) in [6.07, 6.45) is 1.88. The Morgan fingerprint density at radius 1 is 1.43 bits per heavy atom. The van der Waals surface area contributed by atoms with Crippen LogP contribution in [0.3, 0.4) is 0 Å². The van der Waals surface area contributed by atoms with Crippen LogP contribution >= 0.6 is 0 Å². The number of aliphatic hydroxyl groups is 1. The average molecular weight is 298 g/mol. The van der Waals surface area contributed by atoms with Gasteiger partial charge in [-0.1, -0.05) is 0 Å². The molecule has 8 nitrogen and oxygen atoms in total. The molecule has 0 saturated heterocycles. The normalized spacial score (nSPS) is 11.5. The van der Waals surface area contributed by atoms with Crippen LogP contribution in [0.4, 0.5) is 0 Å². The molecule has 0 aliphatic rings. The van der Waals surface area contributed by atoms with Gasteiger partial charge < -0.3 is 24.9 Å². The van der Waals surface area contributed by atoms with Gasteiger partial charge in [0.15, 0.2) is 11.8 Å². The lowest BCUT2D eigenvalue weighted by Crippen LogP contribution is -2.44. The van der Waals surface area contributed by atoms with Crippen LogP contribution in [0.5, 0.6) is 0 Å². The number of nitrogens with one attached hydrogen (secondary N) is 2. The summed E-state index contributed by atoms with van der Waals surface area (Å²) in [4.78, 5) is 34.2. The van der Waals surface area contributed by atoms with Gasteiger partial charge in [-0.25, -0.2) is 4.79 Å². The Balaban J connectivity index is 2.21. The van der Waals surface area contributed by atoms with Gasteiger partial charge in [-0.15, -0.1) is 0 Å². The third kappa shape index (κ3) is 5.65. The lowest BCUT2D eigenvalue weighted by Gasteiger charge is -2.13. The van der Waals surface area contributed by atoms with Crippen molar-refractivity contribution < 1.29 is 28.6 Å². The minimum Gasteiger partial charge on any atom is -0.467 e. The molecule has 0 aromatic carbocycles. The summed E-state index contributed by atoms with van der Waals surface area (Å²) in [7, 11) is 1.17. The molecule has 3 N–H and O–H groups in total. The third-order valence-electron chi connectivity index (χ3n) is 2.61. The first-order valence-electron chi connectivity index (χ1n) is 6.38. The first kappa shape index (κ1) is 16.7. The second-order valence-corrected chi connectivity index (χ2v) is 4.16. The van der Waals surface area contributed by atoms with Crippen LogP contribution in [0, 0.1) is 0 Å². The lowest BCUT2D eigenvalue weighted by molar-refractivity contribution is -0.146. The molecule has 116 valence electrons. The van der Waals surface area contributed by atoms with Crippen molar-refractivity contribution in [3.05, 3.63) is 24.2 Å². The average Bonchev–Trinajstić information content (AvgIpc) is 3.02. The van der Waals surface area contributed by atoms with Gasteiger partial charge in [-0.2, -0.15) is 0 Å². The SMILES string of the molecule is COC(=O)C(CO)NC(=O)CCCNC(=O)c1ccco1. The second kappa shape index (κ2) is 8.75. The zero-order chi connectivity index (χ0) is 15.7. The molecule has 1 aromatic heterocycles. The predicted octanol–water partition coefficient (Wildman–Crippen LogP) is -0.560. The van der Waals surface area contributed by atoms with E-state index in [1.807, 2.05) is 0 Å². The fourth-order valence-corrected chi connectivity index (χ4v) is 1.53. The number of methoxy groups -OCH3 is 1. The van der Waals surface area contributed by atoms with E-state index >= 15 is 0 Å². The van der Waals surface area contributed by atoms with E-state index in [4.69, 9.17) is 9.52 Å². The molecule has 1 unspecified atom stereocenters. The van der Waals surface area contributed by atoms with Crippen molar-refractivity contribution >= 4 is 17.8 Å². The number of carbonyl (C=O) groups is 3. The summed E-state index contributed by atoms with van der Waals surface area (Å²) in [5.74, 6) is -1.28. The summed E-state index contributed by atoms with van der Waals surface area (Å²) in [6, 6.07) is 2.06. The summed E-state index contributed by atoms with van der Waals surface area (Å²) in [5.41, 5.74) is 0. The van der Waals surface area contributed by atoms with Crippen molar-refractivity contribution in [3.63, 3.8) is 0 Å². The van der Waals surface area contributed by atoms with Crippen LogP contribution in [0.2, 0.25) is 0 Å². The fourth-order valence-electron chi connectivity index (χ4n) is 1.53. The Hall–Kier alpha value is -2.35. The van der Waals surface area contributed by atoms with E-state index in [-0.39, 0.29) is 24.6 Å². The first-order chi connectivity index (χ1) is 10.1. The number of rotatable bonds is 8. The Morgan fingerprint density at radius 3 is 2.76 bits per heavy atom. The highest BCUT2D eigenvalue weighted by Crippen LogP contribution is 1.99. The number of carbonyl (C=O) groups excluding carboxylic acids is 3. The van der Waals surface area contributed by atoms with Gasteiger partial charge >= 0.3 is 5.97 Å². The maximum atomic E-state index is 11.5. The van der Waals surface area contributed by atoms with Gasteiger partial charge in [0.25, 0.3) is 5.91 Å². The summed E-state index contributed by atoms with van der Waals surface area (Å²) < 4.78 is 9.33. The van der Waals surface area contributed by atoms with Gasteiger partial charge in [0.1, 0.15) is 0 Å². The Kier molecular flexibility index (Phi) is 6.96. The molecule has 1 atom stereocenters. The highest BCUT2D eigenvalue weighted by Gasteiger charge is 2.19. The molecule has 8 heteroatoms. The van der Waals surface area contributed by atoms with Crippen molar-refractivity contribution in [2.45, 2.75) is 18.9 Å². The van der Waals surface area contributed by atoms with E-state index in [0.29, 0.717) is 6.42 Å². The molecular weight excluding hydrogens is 280 g/mol. The Morgan fingerprint density at radius 2 is 2.19 bits per heavy atom. The predicted molar refractivity (Wildman–Crippen MR) is 71.3 cm³/mol. The number of hydrogen-bond acceptors (Lipinski definition) is 6. The maximum Gasteiger partial charge on any atom is 0.330 e. The van der Waals surface area contributed by atoms with Crippen molar-refractivity contribution in [1.82, 2.24) is 10.6 Å². The van der Waals surface area contributed by atoms with E-state index in [1.54, 1.807) is 6.07 Å². The fraction of sp³-hybridized carbons (Fsp3) is 0.462. The van der Waals surface area contributed by atoms with E-state index in [1.165, 1.54) is 19.4 Å². The number of amides is 2. The smallest absolute Gasteiger partial charge is 0.330 e. The third-order valence-corrected chi connectivity index (χ3v) is 2.61. The van der Waals surface area contributed by atoms with Crippen LogP contribution < -0.4 is 10.6 Å². The topological polar surface area (TPSA) is 118 Å². The van der Waals surface area contributed by atoms with Crippen LogP contribution in [0.15, 0.2) is 22.8 Å². The quantitative estimate of drug-likeness (QED) is 0.437. The second-order valence-electron chi connectivity index (χ2n) is 4.16. The lowest BCUT2D eigenvalue weighted by atomic mass is 10.2. The van der Waals surface area contributed by atoms with Gasteiger partial charge in [-0.3, -0.25) is 9.59 Å². The molecule has 1 aromatic rings. The molecule has 0 radical (unpaired) electrons. The number of aliphatic hydroxyl groups excluding tert-OH is 1. The van der Waals surface area contributed by atoms with E-state index in [0.717, 1.165) is 0 Å². The Labute approximate surface area is 121 Å². The highest BCUT2D eigenvalue weighted by atomic mass is 16.5. The molecule has 0 aliphatic carbocycles. The summed E-state index contributed by atoms with van der Waals surface area (Å²) in [5, 5.41) is 13.9. The molecule has 1 heterocycles. The minimum absolute atomic E-state index is 0.103. The maximum absolute atomic E-state index is 11.5. The van der Waals surface area contributed by atoms with Crippen molar-refractivity contribution in [1.29, 1.82) is 0 Å². The van der Waals surface area contributed by atoms with Crippen LogP contribution in [0.25, 0.3) is 0 Å². The molecule has 2 amide bonds. The van der Waals surface area contributed by atoms with Gasteiger partial charge in [0.05, 0.1) is 20.0 Å². The van der Waals surface area contributed by atoms with E-state index < -0.39 is 24.5 Å². The zero-order valence-corrected chi connectivity index (χ0v) is 11.6. The molecular formula is C13H18N2O6. The van der Waals surface area contributed by atoms with Crippen molar-refractivity contribution in [2.24, 2.45) is 0 Å². The minimum atomic E-state index is -1.07.